The van der Waals surface area contributed by atoms with E-state index >= 15 is 0 Å². The highest BCUT2D eigenvalue weighted by molar-refractivity contribution is 5.60. The minimum atomic E-state index is -0.502. The molecule has 3 atom stereocenters. The quantitative estimate of drug-likeness (QED) is 0.610. The fourth-order valence-electron chi connectivity index (χ4n) is 4.42. The van der Waals surface area contributed by atoms with Crippen LogP contribution >= 0.6 is 0 Å². The van der Waals surface area contributed by atoms with Gasteiger partial charge < -0.3 is 9.80 Å². The van der Waals surface area contributed by atoms with Crippen molar-refractivity contribution in [2.75, 3.05) is 29.9 Å². The molecule has 1 saturated carbocycles. The van der Waals surface area contributed by atoms with Gasteiger partial charge in [0.2, 0.25) is 11.9 Å². The Morgan fingerprint density at radius 1 is 1.24 bits per heavy atom. The minimum absolute atomic E-state index is 0.231. The third kappa shape index (κ3) is 2.76. The Hall–Kier alpha value is -3.37. The largest absolute Gasteiger partial charge is 0.342 e. The van der Waals surface area contributed by atoms with Crippen molar-refractivity contribution >= 4 is 11.9 Å². The second-order valence-corrected chi connectivity index (χ2v) is 7.63. The predicted octanol–water partition coefficient (Wildman–Crippen LogP) is 0.0759. The van der Waals surface area contributed by atoms with Gasteiger partial charge in [-0.15, -0.1) is 0 Å². The summed E-state index contributed by atoms with van der Waals surface area (Å²) in [7, 11) is 5.45. The number of piperidine rings is 1. The highest BCUT2D eigenvalue weighted by atomic mass is 19.1. The fraction of sp³-hybridized carbons (Fsp3) is 0.444. The van der Waals surface area contributed by atoms with Crippen LogP contribution in [0.1, 0.15) is 0 Å². The molecule has 3 aromatic rings. The van der Waals surface area contributed by atoms with E-state index in [9.17, 15) is 9.18 Å². The lowest BCUT2D eigenvalue weighted by atomic mass is 10.2. The van der Waals surface area contributed by atoms with Crippen molar-refractivity contribution < 1.29 is 4.39 Å². The first-order chi connectivity index (χ1) is 14.0. The van der Waals surface area contributed by atoms with Gasteiger partial charge in [-0.3, -0.25) is 14.3 Å². The van der Waals surface area contributed by atoms with E-state index in [4.69, 9.17) is 0 Å². The average molecular weight is 397 g/mol. The van der Waals surface area contributed by atoms with Crippen LogP contribution in [0, 0.1) is 17.7 Å². The molecule has 0 aromatic carbocycles. The van der Waals surface area contributed by atoms with Crippen LogP contribution in [0.25, 0.3) is 11.3 Å². The molecule has 1 aliphatic heterocycles. The summed E-state index contributed by atoms with van der Waals surface area (Å²) < 4.78 is 17.3. The zero-order chi connectivity index (χ0) is 20.3. The number of halogens is 1. The summed E-state index contributed by atoms with van der Waals surface area (Å²) in [5.41, 5.74) is 0.349. The number of rotatable bonds is 4. The van der Waals surface area contributed by atoms with Gasteiger partial charge in [0.1, 0.15) is 0 Å². The van der Waals surface area contributed by atoms with Crippen LogP contribution in [-0.4, -0.2) is 60.9 Å². The molecule has 0 unspecified atom stereocenters. The Kier molecular flexibility index (Phi) is 3.86. The molecule has 2 aliphatic rings. The molecule has 0 N–H and O–H groups in total. The molecular weight excluding hydrogens is 377 g/mol. The van der Waals surface area contributed by atoms with Crippen LogP contribution in [0.5, 0.6) is 0 Å². The summed E-state index contributed by atoms with van der Waals surface area (Å²) in [5, 5.41) is 11.7. The number of hydrogen-bond donors (Lipinski definition) is 0. The third-order valence-electron chi connectivity index (χ3n) is 5.95. The number of fused-ring (bicyclic) bond motifs is 1. The highest BCUT2D eigenvalue weighted by Crippen LogP contribution is 2.49. The summed E-state index contributed by atoms with van der Waals surface area (Å²) >= 11 is 0. The predicted molar refractivity (Wildman–Crippen MR) is 103 cm³/mol. The maximum absolute atomic E-state index is 14.2. The zero-order valence-corrected chi connectivity index (χ0v) is 16.3. The first kappa shape index (κ1) is 17.7. The topological polar surface area (TPSA) is 97.9 Å². The maximum atomic E-state index is 14.2. The van der Waals surface area contributed by atoms with Gasteiger partial charge in [0.25, 0.3) is 5.56 Å². The standard InChI is InChI=1S/C18H20FN9O/c1-25-15(29)6-14(10-4-5-20-7-13(10)19)21-17(25)26(2)16-11-8-28(9-12(11)16)18-22-23-24-27(18)3/h4-7,11-12,16H,8-9H2,1-3H3/t11-,12+,16-. The van der Waals surface area contributed by atoms with Crippen LogP contribution in [0.15, 0.2) is 29.3 Å². The first-order valence-corrected chi connectivity index (χ1v) is 9.34. The van der Waals surface area contributed by atoms with E-state index < -0.39 is 5.82 Å². The second-order valence-electron chi connectivity index (χ2n) is 7.63. The molecule has 5 rings (SSSR count). The minimum Gasteiger partial charge on any atom is -0.342 e. The zero-order valence-electron chi connectivity index (χ0n) is 16.3. The van der Waals surface area contributed by atoms with Crippen LogP contribution < -0.4 is 15.4 Å². The average Bonchev–Trinajstić information content (AvgIpc) is 3.02. The molecule has 1 aliphatic carbocycles. The number of aryl methyl sites for hydroxylation is 1. The van der Waals surface area contributed by atoms with Crippen LogP contribution in [0.4, 0.5) is 16.3 Å². The lowest BCUT2D eigenvalue weighted by Gasteiger charge is -2.26. The van der Waals surface area contributed by atoms with Gasteiger partial charge >= 0.3 is 0 Å². The molecule has 3 aromatic heterocycles. The monoisotopic (exact) mass is 397 g/mol. The molecule has 10 nitrogen and oxygen atoms in total. The molecule has 0 amide bonds. The number of pyridine rings is 1. The van der Waals surface area contributed by atoms with E-state index in [0.29, 0.717) is 23.5 Å². The molecule has 4 heterocycles. The van der Waals surface area contributed by atoms with Crippen molar-refractivity contribution in [1.29, 1.82) is 0 Å². The van der Waals surface area contributed by atoms with Crippen molar-refractivity contribution in [1.82, 2.24) is 34.7 Å². The number of nitrogens with zero attached hydrogens (tertiary/aromatic N) is 9. The summed E-state index contributed by atoms with van der Waals surface area (Å²) in [5.74, 6) is 1.66. The van der Waals surface area contributed by atoms with Crippen molar-refractivity contribution in [2.24, 2.45) is 25.9 Å². The Morgan fingerprint density at radius 2 is 2.00 bits per heavy atom. The highest BCUT2D eigenvalue weighted by Gasteiger charge is 2.59. The first-order valence-electron chi connectivity index (χ1n) is 9.34. The normalized spacial score (nSPS) is 22.6. The van der Waals surface area contributed by atoms with Crippen LogP contribution in [0.3, 0.4) is 0 Å². The smallest absolute Gasteiger partial charge is 0.255 e. The summed E-state index contributed by atoms with van der Waals surface area (Å²) in [6.07, 6.45) is 2.61. The molecule has 29 heavy (non-hydrogen) atoms. The SMILES string of the molecule is CN(c1nc(-c2ccncc2F)cc(=O)n1C)[C@@H]1[C@@H]2CN(c3nnnn3C)C[C@@H]21. The summed E-state index contributed by atoms with van der Waals surface area (Å²) in [4.78, 5) is 25.1. The van der Waals surface area contributed by atoms with Crippen LogP contribution in [-0.2, 0) is 14.1 Å². The summed E-state index contributed by atoms with van der Waals surface area (Å²) in [6, 6.07) is 3.15. The van der Waals surface area contributed by atoms with E-state index in [2.05, 4.69) is 30.4 Å². The van der Waals surface area contributed by atoms with Gasteiger partial charge in [-0.05, 0) is 16.5 Å². The Bertz CT molecular complexity index is 1130. The summed E-state index contributed by atoms with van der Waals surface area (Å²) in [6.45, 7) is 1.70. The van der Waals surface area contributed by atoms with Crippen molar-refractivity contribution in [3.63, 3.8) is 0 Å². The van der Waals surface area contributed by atoms with Gasteiger partial charge in [-0.2, -0.15) is 0 Å². The van der Waals surface area contributed by atoms with E-state index in [-0.39, 0.29) is 17.2 Å². The maximum Gasteiger partial charge on any atom is 0.255 e. The van der Waals surface area contributed by atoms with Crippen molar-refractivity contribution in [3.8, 4) is 11.3 Å². The van der Waals surface area contributed by atoms with Crippen molar-refractivity contribution in [3.05, 3.63) is 40.7 Å². The molecule has 0 spiro atoms. The number of anilines is 2. The third-order valence-corrected chi connectivity index (χ3v) is 5.95. The van der Waals surface area contributed by atoms with Gasteiger partial charge in [0.05, 0.1) is 11.9 Å². The molecule has 150 valence electrons. The van der Waals surface area contributed by atoms with E-state index in [1.165, 1.54) is 22.9 Å². The molecular formula is C18H20FN9O. The Morgan fingerprint density at radius 3 is 2.66 bits per heavy atom. The molecule has 1 saturated heterocycles. The van der Waals surface area contributed by atoms with E-state index in [1.807, 2.05) is 19.0 Å². The Labute approximate surface area is 165 Å². The molecule has 11 heteroatoms. The molecule has 0 bridgehead atoms. The van der Waals surface area contributed by atoms with Gasteiger partial charge in [0, 0.05) is 69.9 Å². The number of tetrazole rings is 1. The van der Waals surface area contributed by atoms with Crippen LogP contribution in [0.2, 0.25) is 0 Å². The second kappa shape index (κ2) is 6.33. The number of hydrogen-bond acceptors (Lipinski definition) is 8. The molecule has 0 radical (unpaired) electrons. The van der Waals surface area contributed by atoms with E-state index in [0.717, 1.165) is 25.2 Å². The van der Waals surface area contributed by atoms with Crippen molar-refractivity contribution in [2.45, 2.75) is 6.04 Å². The van der Waals surface area contributed by atoms with E-state index in [1.54, 1.807) is 11.7 Å². The van der Waals surface area contributed by atoms with Gasteiger partial charge in [0.15, 0.2) is 5.82 Å². The van der Waals surface area contributed by atoms with Gasteiger partial charge in [-0.1, -0.05) is 5.10 Å². The lowest BCUT2D eigenvalue weighted by Crippen LogP contribution is -2.36. The number of aromatic nitrogens is 7. The Balaban J connectivity index is 1.40. The van der Waals surface area contributed by atoms with Gasteiger partial charge in [-0.25, -0.2) is 14.1 Å². The lowest BCUT2D eigenvalue weighted by molar-refractivity contribution is 0.623. The fourth-order valence-corrected chi connectivity index (χ4v) is 4.42. The molecule has 2 fully saturated rings.